The van der Waals surface area contributed by atoms with Crippen molar-refractivity contribution in [1.29, 1.82) is 0 Å². The zero-order chi connectivity index (χ0) is 19.1. The monoisotopic (exact) mass is 376 g/mol. The van der Waals surface area contributed by atoms with E-state index >= 15 is 4.39 Å². The average Bonchev–Trinajstić information content (AvgIpc) is 2.70. The van der Waals surface area contributed by atoms with Crippen LogP contribution < -0.4 is 0 Å². The van der Waals surface area contributed by atoms with Crippen molar-refractivity contribution >= 4 is 0 Å². The highest BCUT2D eigenvalue weighted by Crippen LogP contribution is 2.47. The lowest BCUT2D eigenvalue weighted by Crippen LogP contribution is -2.36. The number of rotatable bonds is 7. The molecule has 0 aliphatic heterocycles. The van der Waals surface area contributed by atoms with Gasteiger partial charge in [-0.15, -0.1) is 0 Å². The summed E-state index contributed by atoms with van der Waals surface area (Å²) in [6.45, 7) is 4.43. The van der Waals surface area contributed by atoms with Crippen LogP contribution in [0.15, 0.2) is 12.2 Å². The van der Waals surface area contributed by atoms with Gasteiger partial charge < -0.3 is 0 Å². The van der Waals surface area contributed by atoms with Gasteiger partial charge in [0.2, 0.25) is 0 Å². The van der Waals surface area contributed by atoms with Crippen molar-refractivity contribution in [3.63, 3.8) is 0 Å². The minimum Gasteiger partial charge on any atom is -0.247 e. The fraction of sp³-hybridized carbons (Fsp3) is 0.923. The summed E-state index contributed by atoms with van der Waals surface area (Å²) in [6.07, 6.45) is 23.7. The second-order valence-electron chi connectivity index (χ2n) is 10.2. The summed E-state index contributed by atoms with van der Waals surface area (Å²) in [6, 6.07) is 0. The Morgan fingerprint density at radius 1 is 0.741 bits per heavy atom. The molecule has 27 heavy (non-hydrogen) atoms. The van der Waals surface area contributed by atoms with Crippen LogP contribution in [0.25, 0.3) is 0 Å². The molecule has 0 aromatic rings. The van der Waals surface area contributed by atoms with Crippen molar-refractivity contribution in [3.8, 4) is 0 Å². The zero-order valence-corrected chi connectivity index (χ0v) is 18.2. The number of allylic oxidation sites excluding steroid dienone is 2. The van der Waals surface area contributed by atoms with Gasteiger partial charge in [-0.3, -0.25) is 0 Å². The molecule has 3 fully saturated rings. The van der Waals surface area contributed by atoms with Gasteiger partial charge in [0, 0.05) is 0 Å². The van der Waals surface area contributed by atoms with E-state index < -0.39 is 6.17 Å². The number of hydrogen-bond acceptors (Lipinski definition) is 0. The highest BCUT2D eigenvalue weighted by Gasteiger charge is 2.39. The number of hydrogen-bond donors (Lipinski definition) is 0. The quantitative estimate of drug-likeness (QED) is 0.391. The summed E-state index contributed by atoms with van der Waals surface area (Å²) < 4.78 is 15.2. The molecule has 0 heterocycles. The smallest absolute Gasteiger partial charge is 0.103 e. The topological polar surface area (TPSA) is 0 Å². The van der Waals surface area contributed by atoms with Crippen LogP contribution >= 0.6 is 0 Å². The molecule has 3 rings (SSSR count). The van der Waals surface area contributed by atoms with Crippen molar-refractivity contribution in [2.75, 3.05) is 0 Å². The van der Waals surface area contributed by atoms with E-state index in [2.05, 4.69) is 26.0 Å². The Bertz CT molecular complexity index is 425. The summed E-state index contributed by atoms with van der Waals surface area (Å²) in [5, 5.41) is 0. The van der Waals surface area contributed by atoms with Gasteiger partial charge in [0.25, 0.3) is 0 Å². The molecule has 0 amide bonds. The van der Waals surface area contributed by atoms with Crippen molar-refractivity contribution in [1.82, 2.24) is 0 Å². The zero-order valence-electron chi connectivity index (χ0n) is 18.2. The SMILES string of the molecule is C/C=C/CCC1CCC(C2CCC(C3CCC(CCC)CC3)CC2F)CC1. The first-order valence-corrected chi connectivity index (χ1v) is 12.5. The Hall–Kier alpha value is -0.330. The Morgan fingerprint density at radius 3 is 1.93 bits per heavy atom. The molecular weight excluding hydrogens is 331 g/mol. The van der Waals surface area contributed by atoms with Gasteiger partial charge in [-0.05, 0) is 100 Å². The standard InChI is InChI=1S/C26H45F/c1-3-5-6-8-21-11-15-23(16-12-21)25-18-17-24(19-26(25)27)22-13-9-20(7-4-2)10-14-22/h3,5,20-26H,4,6-19H2,1-2H3/b5-3+. The summed E-state index contributed by atoms with van der Waals surface area (Å²) >= 11 is 0. The molecule has 0 aromatic heterocycles. The Morgan fingerprint density at radius 2 is 1.33 bits per heavy atom. The second kappa shape index (κ2) is 11.0. The van der Waals surface area contributed by atoms with E-state index in [0.29, 0.717) is 17.8 Å². The van der Waals surface area contributed by atoms with Crippen molar-refractivity contribution < 1.29 is 4.39 Å². The van der Waals surface area contributed by atoms with Crippen LogP contribution in [-0.2, 0) is 0 Å². The van der Waals surface area contributed by atoms with Gasteiger partial charge in [0.05, 0.1) is 0 Å². The number of halogens is 1. The first-order valence-electron chi connectivity index (χ1n) is 12.5. The normalized spacial score (nSPS) is 41.1. The maximum atomic E-state index is 15.2. The Balaban J connectivity index is 1.39. The molecule has 0 aromatic carbocycles. The third-order valence-electron chi connectivity index (χ3n) is 8.59. The van der Waals surface area contributed by atoms with E-state index in [1.807, 2.05) is 0 Å². The summed E-state index contributed by atoms with van der Waals surface area (Å²) in [7, 11) is 0. The van der Waals surface area contributed by atoms with E-state index in [0.717, 1.165) is 24.2 Å². The lowest BCUT2D eigenvalue weighted by Gasteiger charge is -2.43. The molecule has 3 aliphatic rings. The largest absolute Gasteiger partial charge is 0.247 e. The summed E-state index contributed by atoms with van der Waals surface area (Å²) in [5.74, 6) is 4.53. The molecule has 3 aliphatic carbocycles. The minimum atomic E-state index is -0.498. The van der Waals surface area contributed by atoms with Crippen LogP contribution in [0.3, 0.4) is 0 Å². The molecule has 1 heteroatoms. The van der Waals surface area contributed by atoms with Gasteiger partial charge in [-0.2, -0.15) is 0 Å². The minimum absolute atomic E-state index is 0.397. The van der Waals surface area contributed by atoms with Crippen molar-refractivity contribution in [2.24, 2.45) is 35.5 Å². The third-order valence-corrected chi connectivity index (χ3v) is 8.59. The highest BCUT2D eigenvalue weighted by molar-refractivity contribution is 4.90. The first-order chi connectivity index (χ1) is 13.2. The second-order valence-corrected chi connectivity index (χ2v) is 10.2. The molecule has 0 radical (unpaired) electrons. The molecule has 3 atom stereocenters. The fourth-order valence-electron chi connectivity index (χ4n) is 6.89. The van der Waals surface area contributed by atoms with E-state index in [4.69, 9.17) is 0 Å². The van der Waals surface area contributed by atoms with Gasteiger partial charge >= 0.3 is 0 Å². The maximum absolute atomic E-state index is 15.2. The van der Waals surface area contributed by atoms with Crippen LogP contribution in [-0.4, -0.2) is 6.17 Å². The highest BCUT2D eigenvalue weighted by atomic mass is 19.1. The third kappa shape index (κ3) is 6.07. The Kier molecular flexibility index (Phi) is 8.72. The maximum Gasteiger partial charge on any atom is 0.103 e. The van der Waals surface area contributed by atoms with E-state index in [9.17, 15) is 0 Å². The molecule has 0 spiro atoms. The predicted octanol–water partition coefficient (Wildman–Crippen LogP) is 8.51. The van der Waals surface area contributed by atoms with E-state index in [1.54, 1.807) is 0 Å². The number of alkyl halides is 1. The fourth-order valence-corrected chi connectivity index (χ4v) is 6.89. The average molecular weight is 377 g/mol. The molecule has 156 valence electrons. The lowest BCUT2D eigenvalue weighted by molar-refractivity contribution is 0.0327. The molecule has 0 nitrogen and oxygen atoms in total. The summed E-state index contributed by atoms with van der Waals surface area (Å²) in [5.41, 5.74) is 0. The van der Waals surface area contributed by atoms with Gasteiger partial charge in [0.15, 0.2) is 0 Å². The van der Waals surface area contributed by atoms with Crippen LogP contribution in [0.1, 0.15) is 110 Å². The van der Waals surface area contributed by atoms with Gasteiger partial charge in [-0.1, -0.05) is 57.6 Å². The van der Waals surface area contributed by atoms with Gasteiger partial charge in [0.1, 0.15) is 6.17 Å². The van der Waals surface area contributed by atoms with E-state index in [1.165, 1.54) is 89.9 Å². The molecule has 3 saturated carbocycles. The van der Waals surface area contributed by atoms with Crippen LogP contribution in [0.5, 0.6) is 0 Å². The van der Waals surface area contributed by atoms with Crippen LogP contribution in [0.2, 0.25) is 0 Å². The van der Waals surface area contributed by atoms with Gasteiger partial charge in [-0.25, -0.2) is 4.39 Å². The first kappa shape index (κ1) is 21.4. The predicted molar refractivity (Wildman–Crippen MR) is 116 cm³/mol. The molecule has 0 N–H and O–H groups in total. The molecule has 0 bridgehead atoms. The van der Waals surface area contributed by atoms with Crippen molar-refractivity contribution in [2.45, 2.75) is 116 Å². The lowest BCUT2D eigenvalue weighted by atomic mass is 9.64. The molecule has 0 saturated heterocycles. The van der Waals surface area contributed by atoms with Crippen molar-refractivity contribution in [3.05, 3.63) is 12.2 Å². The van der Waals surface area contributed by atoms with E-state index in [-0.39, 0.29) is 0 Å². The molecular formula is C26H45F. The molecule has 3 unspecified atom stereocenters. The summed E-state index contributed by atoms with van der Waals surface area (Å²) in [4.78, 5) is 0. The van der Waals surface area contributed by atoms with Crippen LogP contribution in [0, 0.1) is 35.5 Å². The Labute approximate surface area is 168 Å². The van der Waals surface area contributed by atoms with Crippen LogP contribution in [0.4, 0.5) is 4.39 Å².